The minimum atomic E-state index is 0.810. The van der Waals surface area contributed by atoms with Crippen LogP contribution in [-0.4, -0.2) is 17.5 Å². The van der Waals surface area contributed by atoms with E-state index in [1.165, 1.54) is 37.8 Å². The van der Waals surface area contributed by atoms with Gasteiger partial charge in [0.2, 0.25) is 0 Å². The lowest BCUT2D eigenvalue weighted by molar-refractivity contribution is 0.214. The zero-order chi connectivity index (χ0) is 13.0. The summed E-state index contributed by atoms with van der Waals surface area (Å²) < 4.78 is 0. The molecule has 2 N–H and O–H groups in total. The number of rotatable bonds is 7. The molecule has 0 aromatic heterocycles. The number of nitrogens with two attached hydrogens (primary N) is 1. The summed E-state index contributed by atoms with van der Waals surface area (Å²) in [4.78, 5) is 2.66. The van der Waals surface area contributed by atoms with Crippen molar-refractivity contribution in [2.24, 2.45) is 5.92 Å². The fourth-order valence-corrected chi connectivity index (χ4v) is 2.62. The monoisotopic (exact) mass is 246 g/mol. The maximum absolute atomic E-state index is 5.74. The van der Waals surface area contributed by atoms with Crippen LogP contribution in [0.3, 0.4) is 0 Å². The standard InChI is InChI=1S/C16H26N2/c1-3-4-13(2)11-18(16-9-10-16)12-14-5-7-15(17)8-6-14/h5-8,13,16H,3-4,9-12,17H2,1-2H3. The smallest absolute Gasteiger partial charge is 0.0314 e. The first-order valence-electron chi connectivity index (χ1n) is 7.27. The first-order valence-corrected chi connectivity index (χ1v) is 7.27. The molecule has 2 heteroatoms. The van der Waals surface area contributed by atoms with Gasteiger partial charge < -0.3 is 5.73 Å². The van der Waals surface area contributed by atoms with Crippen molar-refractivity contribution in [3.05, 3.63) is 29.8 Å². The molecule has 0 saturated heterocycles. The number of nitrogen functional groups attached to an aromatic ring is 1. The van der Waals surface area contributed by atoms with E-state index in [4.69, 9.17) is 5.73 Å². The summed E-state index contributed by atoms with van der Waals surface area (Å²) in [6.07, 6.45) is 5.40. The third kappa shape index (κ3) is 4.02. The SMILES string of the molecule is CCCC(C)CN(Cc1ccc(N)cc1)C1CC1. The third-order valence-corrected chi connectivity index (χ3v) is 3.76. The van der Waals surface area contributed by atoms with Crippen molar-refractivity contribution in [1.29, 1.82) is 0 Å². The van der Waals surface area contributed by atoms with Gasteiger partial charge in [0.15, 0.2) is 0 Å². The van der Waals surface area contributed by atoms with Gasteiger partial charge in [-0.2, -0.15) is 0 Å². The summed E-state index contributed by atoms with van der Waals surface area (Å²) >= 11 is 0. The van der Waals surface area contributed by atoms with E-state index in [-0.39, 0.29) is 0 Å². The normalized spacial score (nSPS) is 17.1. The molecule has 1 aromatic carbocycles. The van der Waals surface area contributed by atoms with E-state index in [0.29, 0.717) is 0 Å². The summed E-state index contributed by atoms with van der Waals surface area (Å²) in [5.41, 5.74) is 7.98. The molecular weight excluding hydrogens is 220 g/mol. The Morgan fingerprint density at radius 2 is 1.94 bits per heavy atom. The van der Waals surface area contributed by atoms with Crippen molar-refractivity contribution >= 4 is 5.69 Å². The summed E-state index contributed by atoms with van der Waals surface area (Å²) in [5, 5.41) is 0. The van der Waals surface area contributed by atoms with Crippen LogP contribution in [0, 0.1) is 5.92 Å². The second-order valence-electron chi connectivity index (χ2n) is 5.80. The van der Waals surface area contributed by atoms with Crippen LogP contribution in [0.2, 0.25) is 0 Å². The van der Waals surface area contributed by atoms with E-state index >= 15 is 0 Å². The molecule has 0 radical (unpaired) electrons. The molecule has 2 rings (SSSR count). The maximum Gasteiger partial charge on any atom is 0.0314 e. The third-order valence-electron chi connectivity index (χ3n) is 3.76. The van der Waals surface area contributed by atoms with Crippen LogP contribution in [0.25, 0.3) is 0 Å². The summed E-state index contributed by atoms with van der Waals surface area (Å²) in [6, 6.07) is 9.18. The van der Waals surface area contributed by atoms with Gasteiger partial charge in [-0.3, -0.25) is 4.90 Å². The Kier molecular flexibility index (Phi) is 4.65. The molecule has 0 heterocycles. The lowest BCUT2D eigenvalue weighted by Crippen LogP contribution is -2.30. The van der Waals surface area contributed by atoms with E-state index in [1.54, 1.807) is 0 Å². The summed E-state index contributed by atoms with van der Waals surface area (Å²) in [7, 11) is 0. The van der Waals surface area contributed by atoms with Crippen LogP contribution in [0.15, 0.2) is 24.3 Å². The Balaban J connectivity index is 1.91. The Bertz CT molecular complexity index is 354. The number of nitrogens with zero attached hydrogens (tertiary/aromatic N) is 1. The van der Waals surface area contributed by atoms with Crippen molar-refractivity contribution in [3.8, 4) is 0 Å². The topological polar surface area (TPSA) is 29.3 Å². The molecule has 2 nitrogen and oxygen atoms in total. The lowest BCUT2D eigenvalue weighted by Gasteiger charge is -2.25. The van der Waals surface area contributed by atoms with Crippen LogP contribution in [-0.2, 0) is 6.54 Å². The second kappa shape index (κ2) is 6.24. The van der Waals surface area contributed by atoms with E-state index in [2.05, 4.69) is 30.9 Å². The van der Waals surface area contributed by atoms with Gasteiger partial charge in [0.1, 0.15) is 0 Å². The van der Waals surface area contributed by atoms with Crippen molar-refractivity contribution in [2.75, 3.05) is 12.3 Å². The van der Waals surface area contributed by atoms with E-state index in [9.17, 15) is 0 Å². The van der Waals surface area contributed by atoms with Gasteiger partial charge in [-0.15, -0.1) is 0 Å². The highest BCUT2D eigenvalue weighted by Gasteiger charge is 2.29. The first kappa shape index (κ1) is 13.4. The molecule has 1 aliphatic carbocycles. The minimum Gasteiger partial charge on any atom is -0.399 e. The predicted octanol–water partition coefficient (Wildman–Crippen LogP) is 3.67. The molecule has 0 spiro atoms. The molecule has 1 saturated carbocycles. The van der Waals surface area contributed by atoms with Crippen molar-refractivity contribution in [1.82, 2.24) is 4.90 Å². The number of benzene rings is 1. The number of hydrogen-bond donors (Lipinski definition) is 1. The largest absolute Gasteiger partial charge is 0.399 e. The number of hydrogen-bond acceptors (Lipinski definition) is 2. The van der Waals surface area contributed by atoms with Crippen LogP contribution in [0.1, 0.15) is 45.1 Å². The highest BCUT2D eigenvalue weighted by atomic mass is 15.2. The van der Waals surface area contributed by atoms with Gasteiger partial charge in [0.25, 0.3) is 0 Å². The molecule has 0 bridgehead atoms. The molecule has 100 valence electrons. The average molecular weight is 246 g/mol. The average Bonchev–Trinajstić information content (AvgIpc) is 3.15. The van der Waals surface area contributed by atoms with Crippen LogP contribution in [0.5, 0.6) is 0 Å². The molecule has 1 fully saturated rings. The van der Waals surface area contributed by atoms with Crippen molar-refractivity contribution in [2.45, 2.75) is 52.1 Å². The lowest BCUT2D eigenvalue weighted by atomic mass is 10.0. The quantitative estimate of drug-likeness (QED) is 0.744. The summed E-state index contributed by atoms with van der Waals surface area (Å²) in [5.74, 6) is 0.810. The predicted molar refractivity (Wildman–Crippen MR) is 78.4 cm³/mol. The Morgan fingerprint density at radius 3 is 2.50 bits per heavy atom. The fraction of sp³-hybridized carbons (Fsp3) is 0.625. The van der Waals surface area contributed by atoms with Crippen molar-refractivity contribution < 1.29 is 0 Å². The fourth-order valence-electron chi connectivity index (χ4n) is 2.62. The van der Waals surface area contributed by atoms with Gasteiger partial charge >= 0.3 is 0 Å². The van der Waals surface area contributed by atoms with E-state index in [0.717, 1.165) is 24.2 Å². The number of anilines is 1. The van der Waals surface area contributed by atoms with Gasteiger partial charge in [-0.1, -0.05) is 32.4 Å². The van der Waals surface area contributed by atoms with Crippen LogP contribution >= 0.6 is 0 Å². The highest BCUT2D eigenvalue weighted by Crippen LogP contribution is 2.29. The molecule has 1 unspecified atom stereocenters. The minimum absolute atomic E-state index is 0.810. The van der Waals surface area contributed by atoms with Crippen molar-refractivity contribution in [3.63, 3.8) is 0 Å². The molecule has 0 amide bonds. The summed E-state index contributed by atoms with van der Waals surface area (Å²) in [6.45, 7) is 6.97. The van der Waals surface area contributed by atoms with Gasteiger partial charge in [-0.05, 0) is 42.9 Å². The van der Waals surface area contributed by atoms with Gasteiger partial charge in [0, 0.05) is 24.8 Å². The van der Waals surface area contributed by atoms with Gasteiger partial charge in [0.05, 0.1) is 0 Å². The zero-order valence-electron chi connectivity index (χ0n) is 11.7. The highest BCUT2D eigenvalue weighted by molar-refractivity contribution is 5.39. The van der Waals surface area contributed by atoms with E-state index in [1.807, 2.05) is 12.1 Å². The molecule has 1 aliphatic rings. The molecule has 18 heavy (non-hydrogen) atoms. The van der Waals surface area contributed by atoms with E-state index < -0.39 is 0 Å². The maximum atomic E-state index is 5.74. The van der Waals surface area contributed by atoms with Gasteiger partial charge in [-0.25, -0.2) is 0 Å². The Morgan fingerprint density at radius 1 is 1.28 bits per heavy atom. The molecular formula is C16H26N2. The Labute approximate surface area is 111 Å². The molecule has 1 atom stereocenters. The van der Waals surface area contributed by atoms with Crippen LogP contribution in [0.4, 0.5) is 5.69 Å². The first-order chi connectivity index (χ1) is 8.69. The van der Waals surface area contributed by atoms with Crippen LogP contribution < -0.4 is 5.73 Å². The zero-order valence-corrected chi connectivity index (χ0v) is 11.7. The molecule has 1 aromatic rings. The second-order valence-corrected chi connectivity index (χ2v) is 5.80. The Hall–Kier alpha value is -1.02. The molecule has 0 aliphatic heterocycles.